The maximum absolute atomic E-state index is 12.2. The van der Waals surface area contributed by atoms with Crippen molar-refractivity contribution in [1.29, 1.82) is 0 Å². The van der Waals surface area contributed by atoms with E-state index in [0.717, 1.165) is 11.8 Å². The number of carbonyl (C=O) groups is 1. The van der Waals surface area contributed by atoms with Gasteiger partial charge in [-0.2, -0.15) is 0 Å². The second-order valence-corrected chi connectivity index (χ2v) is 6.54. The highest BCUT2D eigenvalue weighted by Gasteiger charge is 2.50. The average Bonchev–Trinajstić information content (AvgIpc) is 2.34. The van der Waals surface area contributed by atoms with Crippen LogP contribution in [0.1, 0.15) is 32.1 Å². The molecule has 4 saturated carbocycles. The number of nitrogens with one attached hydrogen (secondary N) is 1. The fourth-order valence-electron chi connectivity index (χ4n) is 4.75. The van der Waals surface area contributed by atoms with Crippen LogP contribution in [0.15, 0.2) is 0 Å². The predicted octanol–water partition coefficient (Wildman–Crippen LogP) is 0.528. The first-order chi connectivity index (χ1) is 8.67. The summed E-state index contributed by atoms with van der Waals surface area (Å²) in [5.41, 5.74) is 0. The van der Waals surface area contributed by atoms with E-state index in [0.29, 0.717) is 11.8 Å². The van der Waals surface area contributed by atoms with Crippen LogP contribution in [0.5, 0.6) is 0 Å². The fourth-order valence-corrected chi connectivity index (χ4v) is 4.75. The molecule has 4 fully saturated rings. The van der Waals surface area contributed by atoms with Gasteiger partial charge >= 0.3 is 0 Å². The van der Waals surface area contributed by atoms with Crippen LogP contribution in [0, 0.1) is 29.6 Å². The Hall–Kier alpha value is -0.610. The molecule has 18 heavy (non-hydrogen) atoms. The molecule has 0 aromatic heterocycles. The van der Waals surface area contributed by atoms with Crippen LogP contribution in [-0.4, -0.2) is 35.4 Å². The van der Waals surface area contributed by atoms with Crippen molar-refractivity contribution in [1.82, 2.24) is 5.32 Å². The van der Waals surface area contributed by atoms with E-state index in [4.69, 9.17) is 5.11 Å². The Balaban J connectivity index is 1.60. The van der Waals surface area contributed by atoms with Gasteiger partial charge in [0.15, 0.2) is 0 Å². The number of aliphatic hydroxyl groups excluding tert-OH is 2. The Bertz CT molecular complexity index is 303. The van der Waals surface area contributed by atoms with Crippen molar-refractivity contribution in [3.05, 3.63) is 0 Å². The van der Waals surface area contributed by atoms with Gasteiger partial charge in [-0.15, -0.1) is 0 Å². The molecule has 0 saturated heterocycles. The highest BCUT2D eigenvalue weighted by molar-refractivity contribution is 5.79. The first-order valence-electron chi connectivity index (χ1n) is 7.24. The molecule has 4 aliphatic carbocycles. The van der Waals surface area contributed by atoms with Gasteiger partial charge in [0, 0.05) is 12.5 Å². The zero-order valence-corrected chi connectivity index (χ0v) is 10.7. The summed E-state index contributed by atoms with van der Waals surface area (Å²) < 4.78 is 0. The maximum Gasteiger partial charge on any atom is 0.223 e. The zero-order valence-electron chi connectivity index (χ0n) is 10.7. The van der Waals surface area contributed by atoms with E-state index in [1.807, 2.05) is 0 Å². The van der Waals surface area contributed by atoms with Crippen molar-refractivity contribution in [3.63, 3.8) is 0 Å². The van der Waals surface area contributed by atoms with Gasteiger partial charge in [-0.05, 0) is 55.8 Å². The Morgan fingerprint density at radius 2 is 1.67 bits per heavy atom. The predicted molar refractivity (Wildman–Crippen MR) is 66.6 cm³/mol. The van der Waals surface area contributed by atoms with Gasteiger partial charge in [0.05, 0.1) is 12.7 Å². The van der Waals surface area contributed by atoms with E-state index in [2.05, 4.69) is 5.32 Å². The number of amides is 1. The van der Waals surface area contributed by atoms with Crippen molar-refractivity contribution in [2.75, 3.05) is 13.2 Å². The van der Waals surface area contributed by atoms with Crippen molar-refractivity contribution in [3.8, 4) is 0 Å². The molecule has 4 bridgehead atoms. The quantitative estimate of drug-likeness (QED) is 0.684. The van der Waals surface area contributed by atoms with Crippen molar-refractivity contribution >= 4 is 5.91 Å². The molecule has 0 radical (unpaired) electrons. The van der Waals surface area contributed by atoms with Crippen LogP contribution in [-0.2, 0) is 4.79 Å². The molecule has 4 heteroatoms. The number of rotatable bonds is 4. The first kappa shape index (κ1) is 12.4. The highest BCUT2D eigenvalue weighted by Crippen LogP contribution is 2.56. The van der Waals surface area contributed by atoms with Gasteiger partial charge in [-0.1, -0.05) is 0 Å². The molecular weight excluding hydrogens is 230 g/mol. The summed E-state index contributed by atoms with van der Waals surface area (Å²) in [4.78, 5) is 12.2. The van der Waals surface area contributed by atoms with Gasteiger partial charge in [-0.3, -0.25) is 4.79 Å². The molecule has 0 heterocycles. The largest absolute Gasteiger partial charge is 0.394 e. The summed E-state index contributed by atoms with van der Waals surface area (Å²) in [7, 11) is 0. The summed E-state index contributed by atoms with van der Waals surface area (Å²) in [6, 6.07) is 0. The van der Waals surface area contributed by atoms with Gasteiger partial charge in [0.25, 0.3) is 0 Å². The summed E-state index contributed by atoms with van der Waals surface area (Å²) in [5.74, 6) is 3.18. The lowest BCUT2D eigenvalue weighted by Crippen LogP contribution is -2.51. The van der Waals surface area contributed by atoms with Crippen LogP contribution < -0.4 is 5.32 Å². The Morgan fingerprint density at radius 3 is 2.17 bits per heavy atom. The molecule has 102 valence electrons. The molecule has 4 aliphatic rings. The smallest absolute Gasteiger partial charge is 0.223 e. The van der Waals surface area contributed by atoms with Crippen molar-refractivity contribution in [2.24, 2.45) is 29.6 Å². The fraction of sp³-hybridized carbons (Fsp3) is 0.929. The van der Waals surface area contributed by atoms with Gasteiger partial charge < -0.3 is 15.5 Å². The second-order valence-electron chi connectivity index (χ2n) is 6.54. The SMILES string of the molecule is O=C(NCC(O)CO)C1C2CC3CC(C2)CC1C3. The first-order valence-corrected chi connectivity index (χ1v) is 7.24. The lowest BCUT2D eigenvalue weighted by molar-refractivity contribution is -0.138. The maximum atomic E-state index is 12.2. The third-order valence-electron chi connectivity index (χ3n) is 5.25. The van der Waals surface area contributed by atoms with Crippen LogP contribution >= 0.6 is 0 Å². The summed E-state index contributed by atoms with van der Waals surface area (Å²) >= 11 is 0. The van der Waals surface area contributed by atoms with E-state index >= 15 is 0 Å². The number of aliphatic hydroxyl groups is 2. The van der Waals surface area contributed by atoms with Crippen LogP contribution in [0.4, 0.5) is 0 Å². The lowest BCUT2D eigenvalue weighted by atomic mass is 9.51. The number of carbonyl (C=O) groups excluding carboxylic acids is 1. The summed E-state index contributed by atoms with van der Waals surface area (Å²) in [5, 5.41) is 20.9. The van der Waals surface area contributed by atoms with Gasteiger partial charge in [0.2, 0.25) is 5.91 Å². The molecule has 4 nitrogen and oxygen atoms in total. The number of hydrogen-bond acceptors (Lipinski definition) is 3. The van der Waals surface area contributed by atoms with E-state index in [1.165, 1.54) is 32.1 Å². The van der Waals surface area contributed by atoms with Crippen molar-refractivity contribution in [2.45, 2.75) is 38.2 Å². The molecule has 1 amide bonds. The van der Waals surface area contributed by atoms with E-state index < -0.39 is 6.10 Å². The van der Waals surface area contributed by atoms with E-state index in [9.17, 15) is 9.90 Å². The van der Waals surface area contributed by atoms with E-state index in [1.54, 1.807) is 0 Å². The lowest BCUT2D eigenvalue weighted by Gasteiger charge is -2.53. The minimum absolute atomic E-state index is 0.108. The summed E-state index contributed by atoms with van der Waals surface area (Å²) in [6.45, 7) is -0.111. The third-order valence-corrected chi connectivity index (χ3v) is 5.25. The molecule has 4 rings (SSSR count). The standard InChI is InChI=1S/C14H23NO3/c16-7-12(17)6-15-14(18)13-10-2-8-1-9(4-10)5-11(13)3-8/h8-13,16-17H,1-7H2,(H,15,18). The molecule has 0 spiro atoms. The minimum Gasteiger partial charge on any atom is -0.394 e. The van der Waals surface area contributed by atoms with Gasteiger partial charge in [-0.25, -0.2) is 0 Å². The van der Waals surface area contributed by atoms with Crippen LogP contribution in [0.25, 0.3) is 0 Å². The third kappa shape index (κ3) is 2.16. The monoisotopic (exact) mass is 253 g/mol. The minimum atomic E-state index is -0.828. The zero-order chi connectivity index (χ0) is 12.7. The second kappa shape index (κ2) is 4.82. The Kier molecular flexibility index (Phi) is 3.32. The summed E-state index contributed by atoms with van der Waals surface area (Å²) in [6.07, 6.45) is 5.48. The molecular formula is C14H23NO3. The average molecular weight is 253 g/mol. The Labute approximate surface area is 108 Å². The molecule has 0 aromatic carbocycles. The highest BCUT2D eigenvalue weighted by atomic mass is 16.3. The van der Waals surface area contributed by atoms with Crippen molar-refractivity contribution < 1.29 is 15.0 Å². The normalized spacial score (nSPS) is 42.9. The molecule has 3 N–H and O–H groups in total. The number of hydrogen-bond donors (Lipinski definition) is 3. The van der Waals surface area contributed by atoms with Crippen LogP contribution in [0.3, 0.4) is 0 Å². The Morgan fingerprint density at radius 1 is 1.11 bits per heavy atom. The van der Waals surface area contributed by atoms with Crippen LogP contribution in [0.2, 0.25) is 0 Å². The molecule has 1 unspecified atom stereocenters. The van der Waals surface area contributed by atoms with Gasteiger partial charge in [0.1, 0.15) is 0 Å². The molecule has 0 aliphatic heterocycles. The topological polar surface area (TPSA) is 69.6 Å². The van der Waals surface area contributed by atoms with E-state index in [-0.39, 0.29) is 25.0 Å². The molecule has 1 atom stereocenters. The molecule has 0 aromatic rings.